The summed E-state index contributed by atoms with van der Waals surface area (Å²) in [6.07, 6.45) is -0.511. The molecule has 0 aromatic heterocycles. The fourth-order valence-corrected chi connectivity index (χ4v) is 1.28. The van der Waals surface area contributed by atoms with Crippen LogP contribution in [0, 0.1) is 18.8 Å². The van der Waals surface area contributed by atoms with Crippen molar-refractivity contribution in [3.05, 3.63) is 29.3 Å². The van der Waals surface area contributed by atoms with E-state index in [1.54, 1.807) is 13.0 Å². The second-order valence-electron chi connectivity index (χ2n) is 3.35. The summed E-state index contributed by atoms with van der Waals surface area (Å²) < 4.78 is 4.79. The summed E-state index contributed by atoms with van der Waals surface area (Å²) in [6, 6.07) is 5.46. The topological polar surface area (TPSA) is 58.6 Å². The van der Waals surface area contributed by atoms with Crippen molar-refractivity contribution in [2.45, 2.75) is 13.8 Å². The minimum atomic E-state index is -0.511. The van der Waals surface area contributed by atoms with Crippen LogP contribution in [0.4, 0.5) is 10.5 Å². The first-order valence-corrected chi connectivity index (χ1v) is 5.31. The average Bonchev–Trinajstić information content (AvgIpc) is 2.30. The molecule has 17 heavy (non-hydrogen) atoms. The normalized spacial score (nSPS) is 9.12. The van der Waals surface area contributed by atoms with E-state index in [-0.39, 0.29) is 6.61 Å². The number of ether oxygens (including phenoxy) is 1. The van der Waals surface area contributed by atoms with Crippen molar-refractivity contribution in [1.29, 1.82) is 0 Å². The molecule has 1 aromatic rings. The van der Waals surface area contributed by atoms with Gasteiger partial charge in [0.2, 0.25) is 0 Å². The van der Waals surface area contributed by atoms with E-state index >= 15 is 0 Å². The molecule has 0 atom stereocenters. The Hall–Kier alpha value is -1.99. The molecule has 2 N–H and O–H groups in total. The third-order valence-electron chi connectivity index (χ3n) is 1.99. The summed E-state index contributed by atoms with van der Waals surface area (Å²) in [6.45, 7) is 3.77. The van der Waals surface area contributed by atoms with Crippen LogP contribution in [0.5, 0.6) is 0 Å². The first kappa shape index (κ1) is 13.1. The zero-order valence-electron chi connectivity index (χ0n) is 9.91. The molecular formula is C13H15NO3. The van der Waals surface area contributed by atoms with E-state index in [0.717, 1.165) is 5.56 Å². The number of aliphatic hydroxyl groups is 1. The van der Waals surface area contributed by atoms with Gasteiger partial charge in [0, 0.05) is 5.56 Å². The first-order chi connectivity index (χ1) is 8.17. The van der Waals surface area contributed by atoms with Crippen molar-refractivity contribution < 1.29 is 14.6 Å². The molecule has 0 fully saturated rings. The number of aryl methyl sites for hydroxylation is 1. The molecule has 1 amide bonds. The zero-order valence-corrected chi connectivity index (χ0v) is 9.91. The summed E-state index contributed by atoms with van der Waals surface area (Å²) >= 11 is 0. The molecule has 4 heteroatoms. The maximum atomic E-state index is 11.3. The van der Waals surface area contributed by atoms with Crippen LogP contribution in [-0.2, 0) is 4.74 Å². The van der Waals surface area contributed by atoms with Crippen molar-refractivity contribution in [2.24, 2.45) is 0 Å². The summed E-state index contributed by atoms with van der Waals surface area (Å²) in [4.78, 5) is 11.3. The predicted octanol–water partition coefficient (Wildman–Crippen LogP) is 1.91. The minimum absolute atomic E-state index is 0.215. The highest BCUT2D eigenvalue weighted by Gasteiger charge is 2.05. The lowest BCUT2D eigenvalue weighted by atomic mass is 10.1. The number of benzene rings is 1. The standard InChI is InChI=1S/C13H15NO3/c1-3-17-13(16)14-12-7-6-10(2)9-11(12)5-4-8-15/h6-7,9,15H,3,8H2,1-2H3,(H,14,16). The molecule has 1 rings (SSSR count). The van der Waals surface area contributed by atoms with Gasteiger partial charge >= 0.3 is 6.09 Å². The van der Waals surface area contributed by atoms with Gasteiger partial charge < -0.3 is 9.84 Å². The van der Waals surface area contributed by atoms with Crippen molar-refractivity contribution >= 4 is 11.8 Å². The molecule has 90 valence electrons. The molecule has 0 aliphatic heterocycles. The Bertz CT molecular complexity index is 457. The monoisotopic (exact) mass is 233 g/mol. The van der Waals surface area contributed by atoms with E-state index in [4.69, 9.17) is 9.84 Å². The largest absolute Gasteiger partial charge is 0.450 e. The molecule has 0 heterocycles. The second-order valence-corrected chi connectivity index (χ2v) is 3.35. The summed E-state index contributed by atoms with van der Waals surface area (Å²) in [7, 11) is 0. The van der Waals surface area contributed by atoms with Crippen LogP contribution >= 0.6 is 0 Å². The van der Waals surface area contributed by atoms with E-state index in [1.165, 1.54) is 0 Å². The minimum Gasteiger partial charge on any atom is -0.450 e. The quantitative estimate of drug-likeness (QED) is 0.767. The molecule has 0 spiro atoms. The van der Waals surface area contributed by atoms with Gasteiger partial charge in [-0.15, -0.1) is 0 Å². The molecule has 0 saturated heterocycles. The average molecular weight is 233 g/mol. The molecule has 0 unspecified atom stereocenters. The Morgan fingerprint density at radius 3 is 2.94 bits per heavy atom. The van der Waals surface area contributed by atoms with Gasteiger partial charge in [-0.2, -0.15) is 0 Å². The van der Waals surface area contributed by atoms with Crippen molar-refractivity contribution in [3.8, 4) is 11.8 Å². The fraction of sp³-hybridized carbons (Fsp3) is 0.308. The molecule has 1 aromatic carbocycles. The fourth-order valence-electron chi connectivity index (χ4n) is 1.28. The number of rotatable bonds is 2. The maximum Gasteiger partial charge on any atom is 0.411 e. The van der Waals surface area contributed by atoms with Gasteiger partial charge in [-0.3, -0.25) is 5.32 Å². The Morgan fingerprint density at radius 2 is 2.29 bits per heavy atom. The van der Waals surface area contributed by atoms with Crippen LogP contribution < -0.4 is 5.32 Å². The number of hydrogen-bond acceptors (Lipinski definition) is 3. The summed E-state index contributed by atoms with van der Waals surface area (Å²) in [5.41, 5.74) is 2.27. The van der Waals surface area contributed by atoms with Crippen LogP contribution in [0.1, 0.15) is 18.1 Å². The number of amides is 1. The molecule has 0 saturated carbocycles. The first-order valence-electron chi connectivity index (χ1n) is 5.31. The zero-order chi connectivity index (χ0) is 12.7. The lowest BCUT2D eigenvalue weighted by molar-refractivity contribution is 0.168. The molecular weight excluding hydrogens is 218 g/mol. The van der Waals surface area contributed by atoms with Gasteiger partial charge in [0.1, 0.15) is 6.61 Å². The predicted molar refractivity (Wildman–Crippen MR) is 65.8 cm³/mol. The number of aliphatic hydroxyl groups excluding tert-OH is 1. The van der Waals surface area contributed by atoms with Crippen LogP contribution in [0.3, 0.4) is 0 Å². The number of nitrogens with one attached hydrogen (secondary N) is 1. The SMILES string of the molecule is CCOC(=O)Nc1ccc(C)cc1C#CCO. The van der Waals surface area contributed by atoms with Crippen LogP contribution in [0.15, 0.2) is 18.2 Å². The van der Waals surface area contributed by atoms with Crippen molar-refractivity contribution in [3.63, 3.8) is 0 Å². The Balaban J connectivity index is 2.94. The third-order valence-corrected chi connectivity index (χ3v) is 1.99. The molecule has 4 nitrogen and oxygen atoms in total. The van der Waals surface area contributed by atoms with Gasteiger partial charge in [-0.25, -0.2) is 4.79 Å². The van der Waals surface area contributed by atoms with E-state index in [1.807, 2.05) is 19.1 Å². The van der Waals surface area contributed by atoms with Crippen LogP contribution in [-0.4, -0.2) is 24.4 Å². The second kappa shape index (κ2) is 6.56. The van der Waals surface area contributed by atoms with E-state index in [9.17, 15) is 4.79 Å². The lowest BCUT2D eigenvalue weighted by Gasteiger charge is -2.08. The molecule has 0 aliphatic rings. The number of hydrogen-bond donors (Lipinski definition) is 2. The lowest BCUT2D eigenvalue weighted by Crippen LogP contribution is -2.14. The number of anilines is 1. The van der Waals surface area contributed by atoms with Gasteiger partial charge in [-0.05, 0) is 31.5 Å². The Labute approximate surface area is 101 Å². The number of carbonyl (C=O) groups excluding carboxylic acids is 1. The van der Waals surface area contributed by atoms with Gasteiger partial charge in [0.25, 0.3) is 0 Å². The van der Waals surface area contributed by atoms with Crippen molar-refractivity contribution in [1.82, 2.24) is 0 Å². The van der Waals surface area contributed by atoms with E-state index < -0.39 is 6.09 Å². The molecule has 0 radical (unpaired) electrons. The van der Waals surface area contributed by atoms with Crippen molar-refractivity contribution in [2.75, 3.05) is 18.5 Å². The summed E-state index contributed by atoms with van der Waals surface area (Å²) in [5.74, 6) is 5.33. The Morgan fingerprint density at radius 1 is 1.53 bits per heavy atom. The van der Waals surface area contributed by atoms with Gasteiger partial charge in [0.05, 0.1) is 12.3 Å². The third kappa shape index (κ3) is 4.17. The highest BCUT2D eigenvalue weighted by molar-refractivity contribution is 5.86. The van der Waals surface area contributed by atoms with Crippen LogP contribution in [0.25, 0.3) is 0 Å². The number of carbonyl (C=O) groups is 1. The van der Waals surface area contributed by atoms with Gasteiger partial charge in [0.15, 0.2) is 0 Å². The highest BCUT2D eigenvalue weighted by atomic mass is 16.5. The highest BCUT2D eigenvalue weighted by Crippen LogP contribution is 2.16. The smallest absolute Gasteiger partial charge is 0.411 e. The van der Waals surface area contributed by atoms with Crippen LogP contribution in [0.2, 0.25) is 0 Å². The van der Waals surface area contributed by atoms with Gasteiger partial charge in [-0.1, -0.05) is 17.9 Å². The Kier molecular flexibility index (Phi) is 5.05. The van der Waals surface area contributed by atoms with E-state index in [2.05, 4.69) is 17.2 Å². The van der Waals surface area contributed by atoms with E-state index in [0.29, 0.717) is 17.9 Å². The summed E-state index contributed by atoms with van der Waals surface area (Å²) in [5, 5.41) is 11.3. The maximum absolute atomic E-state index is 11.3. The molecule has 0 bridgehead atoms. The molecule has 0 aliphatic carbocycles.